The average Bonchev–Trinajstić information content (AvgIpc) is 2.49. The van der Waals surface area contributed by atoms with Crippen molar-refractivity contribution in [1.29, 1.82) is 0 Å². The van der Waals surface area contributed by atoms with Gasteiger partial charge in [0.15, 0.2) is 0 Å². The standard InChI is InChI=1S/C13H24N4O/c1-8(2)6-12(14)13(18)15-7-11-9(3)16-17(5)10(11)4/h8,12H,6-7,14H2,1-5H3,(H,15,18)/t12-/m0/s1. The number of carbonyl (C=O) groups excluding carboxylic acids is 1. The van der Waals surface area contributed by atoms with Crippen LogP contribution in [0.15, 0.2) is 0 Å². The van der Waals surface area contributed by atoms with Gasteiger partial charge in [-0.1, -0.05) is 13.8 Å². The minimum atomic E-state index is -0.428. The monoisotopic (exact) mass is 252 g/mol. The Hall–Kier alpha value is -1.36. The Balaban J connectivity index is 2.57. The van der Waals surface area contributed by atoms with Gasteiger partial charge >= 0.3 is 0 Å². The fourth-order valence-electron chi connectivity index (χ4n) is 1.99. The molecule has 0 aliphatic rings. The van der Waals surface area contributed by atoms with Crippen LogP contribution < -0.4 is 11.1 Å². The van der Waals surface area contributed by atoms with Crippen molar-refractivity contribution in [2.24, 2.45) is 18.7 Å². The molecule has 3 N–H and O–H groups in total. The number of nitrogens with one attached hydrogen (secondary N) is 1. The molecular formula is C13H24N4O. The molecule has 0 unspecified atom stereocenters. The number of aromatic nitrogens is 2. The third kappa shape index (κ3) is 3.57. The first kappa shape index (κ1) is 14.7. The normalized spacial score (nSPS) is 12.8. The van der Waals surface area contributed by atoms with Crippen molar-refractivity contribution < 1.29 is 4.79 Å². The highest BCUT2D eigenvalue weighted by atomic mass is 16.2. The van der Waals surface area contributed by atoms with Crippen LogP contribution in [-0.2, 0) is 18.4 Å². The van der Waals surface area contributed by atoms with Gasteiger partial charge in [-0.3, -0.25) is 9.48 Å². The summed E-state index contributed by atoms with van der Waals surface area (Å²) in [4.78, 5) is 11.8. The van der Waals surface area contributed by atoms with Crippen molar-refractivity contribution in [2.75, 3.05) is 0 Å². The second kappa shape index (κ2) is 6.00. The van der Waals surface area contributed by atoms with Crippen LogP contribution in [0.25, 0.3) is 0 Å². The summed E-state index contributed by atoms with van der Waals surface area (Å²) in [5, 5.41) is 7.20. The quantitative estimate of drug-likeness (QED) is 0.822. The van der Waals surface area contributed by atoms with Crippen molar-refractivity contribution in [1.82, 2.24) is 15.1 Å². The molecule has 0 spiro atoms. The second-order valence-electron chi connectivity index (χ2n) is 5.23. The predicted molar refractivity (Wildman–Crippen MR) is 72.0 cm³/mol. The minimum absolute atomic E-state index is 0.0913. The Bertz CT molecular complexity index is 423. The van der Waals surface area contributed by atoms with Crippen molar-refractivity contribution in [3.8, 4) is 0 Å². The first-order valence-electron chi connectivity index (χ1n) is 6.35. The van der Waals surface area contributed by atoms with E-state index in [-0.39, 0.29) is 5.91 Å². The third-order valence-corrected chi connectivity index (χ3v) is 3.16. The lowest BCUT2D eigenvalue weighted by molar-refractivity contribution is -0.122. The fraction of sp³-hybridized carbons (Fsp3) is 0.692. The summed E-state index contributed by atoms with van der Waals surface area (Å²) >= 11 is 0. The zero-order valence-corrected chi connectivity index (χ0v) is 11.9. The van der Waals surface area contributed by atoms with E-state index in [1.54, 1.807) is 0 Å². The number of amides is 1. The molecule has 0 bridgehead atoms. The molecule has 0 fully saturated rings. The number of nitrogens with zero attached hydrogens (tertiary/aromatic N) is 2. The summed E-state index contributed by atoms with van der Waals surface area (Å²) in [7, 11) is 1.90. The van der Waals surface area contributed by atoms with Gasteiger partial charge in [0.05, 0.1) is 11.7 Å². The van der Waals surface area contributed by atoms with E-state index >= 15 is 0 Å². The number of aryl methyl sites for hydroxylation is 2. The van der Waals surface area contributed by atoms with Crippen LogP contribution in [-0.4, -0.2) is 21.7 Å². The van der Waals surface area contributed by atoms with Gasteiger partial charge in [0.1, 0.15) is 0 Å². The molecule has 0 saturated heterocycles. The molecule has 102 valence electrons. The Morgan fingerprint density at radius 3 is 2.50 bits per heavy atom. The molecule has 1 atom stereocenters. The first-order chi connectivity index (χ1) is 8.32. The second-order valence-corrected chi connectivity index (χ2v) is 5.23. The summed E-state index contributed by atoms with van der Waals surface area (Å²) in [6.07, 6.45) is 0.705. The van der Waals surface area contributed by atoms with Gasteiger partial charge in [0.25, 0.3) is 0 Å². The summed E-state index contributed by atoms with van der Waals surface area (Å²) < 4.78 is 1.82. The lowest BCUT2D eigenvalue weighted by Gasteiger charge is -2.14. The Morgan fingerprint density at radius 2 is 2.06 bits per heavy atom. The van der Waals surface area contributed by atoms with Gasteiger partial charge < -0.3 is 11.1 Å². The average molecular weight is 252 g/mol. The van der Waals surface area contributed by atoms with Crippen LogP contribution in [0, 0.1) is 19.8 Å². The summed E-state index contributed by atoms with van der Waals surface area (Å²) in [6.45, 7) is 8.55. The minimum Gasteiger partial charge on any atom is -0.351 e. The molecule has 1 amide bonds. The first-order valence-corrected chi connectivity index (χ1v) is 6.35. The van der Waals surface area contributed by atoms with Gasteiger partial charge in [-0.05, 0) is 26.2 Å². The molecule has 0 aliphatic carbocycles. The molecule has 0 aliphatic heterocycles. The molecule has 18 heavy (non-hydrogen) atoms. The topological polar surface area (TPSA) is 72.9 Å². The van der Waals surface area contributed by atoms with E-state index in [2.05, 4.69) is 24.3 Å². The van der Waals surface area contributed by atoms with Crippen molar-refractivity contribution in [3.05, 3.63) is 17.0 Å². The van der Waals surface area contributed by atoms with E-state index in [1.807, 2.05) is 25.6 Å². The highest BCUT2D eigenvalue weighted by molar-refractivity contribution is 5.81. The number of nitrogens with two attached hydrogens (primary N) is 1. The maximum Gasteiger partial charge on any atom is 0.237 e. The molecular weight excluding hydrogens is 228 g/mol. The molecule has 1 aromatic heterocycles. The van der Waals surface area contributed by atoms with Gasteiger partial charge in [-0.15, -0.1) is 0 Å². The van der Waals surface area contributed by atoms with Crippen LogP contribution in [0.3, 0.4) is 0 Å². The Labute approximate surface area is 109 Å². The van der Waals surface area contributed by atoms with Crippen LogP contribution in [0.5, 0.6) is 0 Å². The van der Waals surface area contributed by atoms with Gasteiger partial charge in [0.2, 0.25) is 5.91 Å². The highest BCUT2D eigenvalue weighted by Gasteiger charge is 2.16. The SMILES string of the molecule is Cc1nn(C)c(C)c1CNC(=O)[C@@H](N)CC(C)C. The van der Waals surface area contributed by atoms with Gasteiger partial charge in [-0.25, -0.2) is 0 Å². The van der Waals surface area contributed by atoms with Crippen LogP contribution >= 0.6 is 0 Å². The van der Waals surface area contributed by atoms with Crippen molar-refractivity contribution in [2.45, 2.75) is 46.7 Å². The number of carbonyl (C=O) groups is 1. The fourth-order valence-corrected chi connectivity index (χ4v) is 1.99. The molecule has 0 aromatic carbocycles. The van der Waals surface area contributed by atoms with Crippen molar-refractivity contribution >= 4 is 5.91 Å². The van der Waals surface area contributed by atoms with E-state index in [4.69, 9.17) is 5.73 Å². The largest absolute Gasteiger partial charge is 0.351 e. The number of hydrogen-bond acceptors (Lipinski definition) is 3. The zero-order chi connectivity index (χ0) is 13.9. The summed E-state index contributed by atoms with van der Waals surface area (Å²) in [5.74, 6) is 0.332. The number of hydrogen-bond donors (Lipinski definition) is 2. The van der Waals surface area contributed by atoms with E-state index in [0.29, 0.717) is 18.9 Å². The van der Waals surface area contributed by atoms with Gasteiger partial charge in [0, 0.05) is 24.8 Å². The van der Waals surface area contributed by atoms with E-state index in [0.717, 1.165) is 17.0 Å². The van der Waals surface area contributed by atoms with Crippen molar-refractivity contribution in [3.63, 3.8) is 0 Å². The summed E-state index contributed by atoms with van der Waals surface area (Å²) in [6, 6.07) is -0.428. The smallest absolute Gasteiger partial charge is 0.237 e. The molecule has 1 heterocycles. The maximum atomic E-state index is 11.8. The molecule has 0 saturated carbocycles. The molecule has 0 radical (unpaired) electrons. The Morgan fingerprint density at radius 1 is 1.44 bits per heavy atom. The maximum absolute atomic E-state index is 11.8. The molecule has 5 heteroatoms. The third-order valence-electron chi connectivity index (χ3n) is 3.16. The van der Waals surface area contributed by atoms with Crippen LogP contribution in [0.4, 0.5) is 0 Å². The highest BCUT2D eigenvalue weighted by Crippen LogP contribution is 2.11. The van der Waals surface area contributed by atoms with Crippen LogP contribution in [0.1, 0.15) is 37.2 Å². The van der Waals surface area contributed by atoms with E-state index < -0.39 is 6.04 Å². The van der Waals surface area contributed by atoms with Gasteiger partial charge in [-0.2, -0.15) is 5.10 Å². The Kier molecular flexibility index (Phi) is 4.90. The lowest BCUT2D eigenvalue weighted by atomic mass is 10.0. The van der Waals surface area contributed by atoms with E-state index in [9.17, 15) is 4.79 Å². The predicted octanol–water partition coefficient (Wildman–Crippen LogP) is 1.03. The number of rotatable bonds is 5. The van der Waals surface area contributed by atoms with Crippen LogP contribution in [0.2, 0.25) is 0 Å². The molecule has 1 rings (SSSR count). The molecule has 5 nitrogen and oxygen atoms in total. The zero-order valence-electron chi connectivity index (χ0n) is 11.9. The lowest BCUT2D eigenvalue weighted by Crippen LogP contribution is -2.41. The molecule has 1 aromatic rings. The van der Waals surface area contributed by atoms with E-state index in [1.165, 1.54) is 0 Å². The summed E-state index contributed by atoms with van der Waals surface area (Å²) in [5.41, 5.74) is 8.93.